The second kappa shape index (κ2) is 7.94. The quantitative estimate of drug-likeness (QED) is 0.905. The van der Waals surface area contributed by atoms with Crippen molar-refractivity contribution in [3.8, 4) is 0 Å². The van der Waals surface area contributed by atoms with Crippen LogP contribution in [-0.4, -0.2) is 70.9 Å². The summed E-state index contributed by atoms with van der Waals surface area (Å²) >= 11 is 0. The van der Waals surface area contributed by atoms with E-state index in [9.17, 15) is 9.90 Å². The fourth-order valence-electron chi connectivity index (χ4n) is 3.80. The second-order valence-electron chi connectivity index (χ2n) is 6.72. The average Bonchev–Trinajstić information content (AvgIpc) is 2.97. The van der Waals surface area contributed by atoms with Crippen LogP contribution in [0.4, 0.5) is 4.79 Å². The Kier molecular flexibility index (Phi) is 5.68. The van der Waals surface area contributed by atoms with Crippen LogP contribution in [0.1, 0.15) is 25.5 Å². The molecule has 1 aromatic heterocycles. The van der Waals surface area contributed by atoms with Gasteiger partial charge in [0.15, 0.2) is 0 Å². The van der Waals surface area contributed by atoms with Crippen LogP contribution < -0.4 is 0 Å². The van der Waals surface area contributed by atoms with E-state index in [0.29, 0.717) is 12.6 Å². The summed E-state index contributed by atoms with van der Waals surface area (Å²) in [7, 11) is 0. The molecule has 0 aromatic carbocycles. The molecule has 3 heterocycles. The Morgan fingerprint density at radius 2 is 2.12 bits per heavy atom. The van der Waals surface area contributed by atoms with Crippen LogP contribution in [0.3, 0.4) is 0 Å². The number of hydrogen-bond acceptors (Lipinski definition) is 5. The number of carbonyl (C=O) groups is 1. The zero-order valence-electron chi connectivity index (χ0n) is 14.3. The van der Waals surface area contributed by atoms with Gasteiger partial charge in [-0.15, -0.1) is 0 Å². The van der Waals surface area contributed by atoms with Gasteiger partial charge in [-0.2, -0.15) is 0 Å². The first-order valence-corrected chi connectivity index (χ1v) is 8.91. The van der Waals surface area contributed by atoms with Crippen LogP contribution in [0.5, 0.6) is 0 Å². The first kappa shape index (κ1) is 17.2. The van der Waals surface area contributed by atoms with Gasteiger partial charge in [0, 0.05) is 50.0 Å². The van der Waals surface area contributed by atoms with Crippen molar-refractivity contribution in [3.05, 3.63) is 30.1 Å². The van der Waals surface area contributed by atoms with Gasteiger partial charge in [0.25, 0.3) is 0 Å². The third-order valence-corrected chi connectivity index (χ3v) is 5.14. The number of amides is 1. The van der Waals surface area contributed by atoms with Gasteiger partial charge in [-0.1, -0.05) is 6.07 Å². The van der Waals surface area contributed by atoms with Gasteiger partial charge >= 0.3 is 6.09 Å². The van der Waals surface area contributed by atoms with Crippen LogP contribution >= 0.6 is 0 Å². The SMILES string of the molecule is CCOC(=O)N1CCC(N2C[C@@H](Cc3ccccn3)[C@H](O)C2)CC1. The summed E-state index contributed by atoms with van der Waals surface area (Å²) in [5.41, 5.74) is 1.04. The summed E-state index contributed by atoms with van der Waals surface area (Å²) in [4.78, 5) is 20.3. The summed E-state index contributed by atoms with van der Waals surface area (Å²) in [5, 5.41) is 10.4. The largest absolute Gasteiger partial charge is 0.450 e. The van der Waals surface area contributed by atoms with Gasteiger partial charge in [0.1, 0.15) is 0 Å². The highest BCUT2D eigenvalue weighted by atomic mass is 16.6. The van der Waals surface area contributed by atoms with Crippen molar-refractivity contribution in [2.45, 2.75) is 38.3 Å². The minimum absolute atomic E-state index is 0.203. The van der Waals surface area contributed by atoms with Crippen molar-refractivity contribution >= 4 is 6.09 Å². The first-order valence-electron chi connectivity index (χ1n) is 8.91. The molecule has 24 heavy (non-hydrogen) atoms. The molecule has 1 amide bonds. The molecule has 0 spiro atoms. The molecule has 0 bridgehead atoms. The van der Waals surface area contributed by atoms with Gasteiger partial charge in [-0.3, -0.25) is 9.88 Å². The molecule has 3 rings (SSSR count). The Morgan fingerprint density at radius 3 is 2.79 bits per heavy atom. The van der Waals surface area contributed by atoms with Crippen LogP contribution in [0.15, 0.2) is 24.4 Å². The number of pyridine rings is 1. The van der Waals surface area contributed by atoms with Gasteiger partial charge in [-0.05, 0) is 38.3 Å². The number of likely N-dealkylation sites (tertiary alicyclic amines) is 2. The Hall–Kier alpha value is -1.66. The molecule has 0 aliphatic carbocycles. The van der Waals surface area contributed by atoms with Gasteiger partial charge < -0.3 is 14.7 Å². The Bertz CT molecular complexity index is 532. The summed E-state index contributed by atoms with van der Waals surface area (Å²) < 4.78 is 5.07. The molecule has 2 aliphatic rings. The zero-order chi connectivity index (χ0) is 16.9. The predicted octanol–water partition coefficient (Wildman–Crippen LogP) is 1.54. The summed E-state index contributed by atoms with van der Waals surface area (Å²) in [6.45, 7) is 5.36. The van der Waals surface area contributed by atoms with E-state index in [4.69, 9.17) is 4.74 Å². The molecule has 2 saturated heterocycles. The van der Waals surface area contributed by atoms with E-state index >= 15 is 0 Å². The smallest absolute Gasteiger partial charge is 0.409 e. The van der Waals surface area contributed by atoms with Crippen molar-refractivity contribution in [2.75, 3.05) is 32.8 Å². The Morgan fingerprint density at radius 1 is 1.33 bits per heavy atom. The lowest BCUT2D eigenvalue weighted by Gasteiger charge is -2.36. The average molecular weight is 333 g/mol. The standard InChI is InChI=1S/C18H27N3O3/c1-2-24-18(23)20-9-6-16(7-10-20)21-12-14(17(22)13-21)11-15-5-3-4-8-19-15/h3-5,8,14,16-17,22H,2,6-7,9-13H2,1H3/t14-,17-/m1/s1. The molecule has 0 saturated carbocycles. The summed E-state index contributed by atoms with van der Waals surface area (Å²) in [6.07, 6.45) is 4.02. The summed E-state index contributed by atoms with van der Waals surface area (Å²) in [5.74, 6) is 0.239. The normalized spacial score (nSPS) is 25.8. The van der Waals surface area contributed by atoms with Crippen molar-refractivity contribution in [1.82, 2.24) is 14.8 Å². The minimum Gasteiger partial charge on any atom is -0.450 e. The van der Waals surface area contributed by atoms with E-state index in [-0.39, 0.29) is 18.1 Å². The Balaban J connectivity index is 1.50. The van der Waals surface area contributed by atoms with E-state index < -0.39 is 0 Å². The monoisotopic (exact) mass is 333 g/mol. The third-order valence-electron chi connectivity index (χ3n) is 5.14. The van der Waals surface area contributed by atoms with Gasteiger partial charge in [0.2, 0.25) is 0 Å². The fraction of sp³-hybridized carbons (Fsp3) is 0.667. The first-order chi connectivity index (χ1) is 11.7. The number of nitrogens with zero attached hydrogens (tertiary/aromatic N) is 3. The van der Waals surface area contributed by atoms with Crippen LogP contribution in [0.2, 0.25) is 0 Å². The number of hydrogen-bond donors (Lipinski definition) is 1. The Labute approximate surface area is 143 Å². The maximum absolute atomic E-state index is 11.8. The highest BCUT2D eigenvalue weighted by molar-refractivity contribution is 5.67. The molecule has 1 aromatic rings. The lowest BCUT2D eigenvalue weighted by Crippen LogP contribution is -2.46. The van der Waals surface area contributed by atoms with Crippen molar-refractivity contribution in [2.24, 2.45) is 5.92 Å². The minimum atomic E-state index is -0.296. The van der Waals surface area contributed by atoms with Crippen molar-refractivity contribution in [1.29, 1.82) is 0 Å². The molecule has 2 fully saturated rings. The predicted molar refractivity (Wildman–Crippen MR) is 90.6 cm³/mol. The molecule has 0 unspecified atom stereocenters. The number of carbonyl (C=O) groups excluding carboxylic acids is 1. The van der Waals surface area contributed by atoms with Gasteiger partial charge in [0.05, 0.1) is 12.7 Å². The van der Waals surface area contributed by atoms with E-state index in [0.717, 1.165) is 51.1 Å². The molecule has 2 atom stereocenters. The highest BCUT2D eigenvalue weighted by Crippen LogP contribution is 2.26. The highest BCUT2D eigenvalue weighted by Gasteiger charge is 2.37. The fourth-order valence-corrected chi connectivity index (χ4v) is 3.80. The van der Waals surface area contributed by atoms with Crippen LogP contribution in [0, 0.1) is 5.92 Å². The van der Waals surface area contributed by atoms with Crippen LogP contribution in [0.25, 0.3) is 0 Å². The third kappa shape index (κ3) is 4.05. The number of aromatic nitrogens is 1. The number of aliphatic hydroxyl groups is 1. The molecule has 6 heteroatoms. The number of rotatable bonds is 4. The molecule has 0 radical (unpaired) electrons. The number of β-amino-alcohol motifs (C(OH)–C–C–N with tert-alkyl or cyclic N) is 1. The zero-order valence-corrected chi connectivity index (χ0v) is 14.3. The van der Waals surface area contributed by atoms with Crippen molar-refractivity contribution < 1.29 is 14.6 Å². The summed E-state index contributed by atoms with van der Waals surface area (Å²) in [6, 6.07) is 6.37. The molecule has 1 N–H and O–H groups in total. The molecular weight excluding hydrogens is 306 g/mol. The molecule has 2 aliphatic heterocycles. The maximum atomic E-state index is 11.8. The number of ether oxygens (including phenoxy) is 1. The number of aliphatic hydroxyl groups excluding tert-OH is 1. The lowest BCUT2D eigenvalue weighted by molar-refractivity contribution is 0.0762. The molecular formula is C18H27N3O3. The van der Waals surface area contributed by atoms with E-state index in [1.54, 1.807) is 11.1 Å². The topological polar surface area (TPSA) is 65.9 Å². The lowest BCUT2D eigenvalue weighted by atomic mass is 9.99. The van der Waals surface area contributed by atoms with E-state index in [1.165, 1.54) is 0 Å². The van der Waals surface area contributed by atoms with E-state index in [1.807, 2.05) is 25.1 Å². The van der Waals surface area contributed by atoms with E-state index in [2.05, 4.69) is 9.88 Å². The maximum Gasteiger partial charge on any atom is 0.409 e. The molecule has 132 valence electrons. The van der Waals surface area contributed by atoms with Crippen LogP contribution in [-0.2, 0) is 11.2 Å². The van der Waals surface area contributed by atoms with Gasteiger partial charge in [-0.25, -0.2) is 4.79 Å². The number of piperidine rings is 1. The van der Waals surface area contributed by atoms with Crippen molar-refractivity contribution in [3.63, 3.8) is 0 Å². The second-order valence-corrected chi connectivity index (χ2v) is 6.72. The molecule has 6 nitrogen and oxygen atoms in total.